The molecule has 0 unspecified atom stereocenters. The molecule has 0 amide bonds. The van der Waals surface area contributed by atoms with Crippen LogP contribution in [0.2, 0.25) is 0 Å². The zero-order chi connectivity index (χ0) is 9.10. The average molecular weight is 180 g/mol. The van der Waals surface area contributed by atoms with Gasteiger partial charge in [0.15, 0.2) is 0 Å². The molecule has 1 aromatic heterocycles. The van der Waals surface area contributed by atoms with Gasteiger partial charge in [-0.15, -0.1) is 0 Å². The average Bonchev–Trinajstić information content (AvgIpc) is 2.62. The van der Waals surface area contributed by atoms with Crippen molar-refractivity contribution < 1.29 is 5.11 Å². The molecule has 3 heteroatoms. The Morgan fingerprint density at radius 1 is 1.31 bits per heavy atom. The normalized spacial score (nSPS) is 28.7. The fourth-order valence-electron chi connectivity index (χ4n) is 1.87. The molecule has 0 aromatic carbocycles. The number of hydrogen-bond acceptors (Lipinski definition) is 2. The van der Waals surface area contributed by atoms with Gasteiger partial charge in [-0.2, -0.15) is 0 Å². The Kier molecular flexibility index (Phi) is 2.54. The van der Waals surface area contributed by atoms with Crippen LogP contribution in [0.25, 0.3) is 0 Å². The van der Waals surface area contributed by atoms with Gasteiger partial charge in [-0.1, -0.05) is 0 Å². The van der Waals surface area contributed by atoms with Crippen molar-refractivity contribution in [2.45, 2.75) is 37.8 Å². The Balaban J connectivity index is 1.83. The van der Waals surface area contributed by atoms with Crippen LogP contribution >= 0.6 is 0 Å². The van der Waals surface area contributed by atoms with Crippen molar-refractivity contribution in [2.24, 2.45) is 0 Å². The first kappa shape index (κ1) is 8.63. The topological polar surface area (TPSA) is 48.0 Å². The maximum Gasteiger partial charge on any atom is 0.0541 e. The molecule has 0 atom stereocenters. The zero-order valence-corrected chi connectivity index (χ0v) is 7.66. The van der Waals surface area contributed by atoms with Crippen molar-refractivity contribution in [3.05, 3.63) is 18.5 Å². The van der Waals surface area contributed by atoms with Crippen molar-refractivity contribution in [3.8, 4) is 0 Å². The Hall–Kier alpha value is -0.960. The van der Waals surface area contributed by atoms with Gasteiger partial charge in [0.05, 0.1) is 11.8 Å². The van der Waals surface area contributed by atoms with Crippen LogP contribution in [0, 0.1) is 0 Å². The molecule has 72 valence electrons. The van der Waals surface area contributed by atoms with Gasteiger partial charge in [-0.05, 0) is 31.7 Å². The Morgan fingerprint density at radius 2 is 2.08 bits per heavy atom. The van der Waals surface area contributed by atoms with E-state index >= 15 is 0 Å². The second kappa shape index (κ2) is 3.83. The lowest BCUT2D eigenvalue weighted by atomic mass is 9.93. The molecule has 0 radical (unpaired) electrons. The summed E-state index contributed by atoms with van der Waals surface area (Å²) in [5, 5.41) is 12.8. The summed E-state index contributed by atoms with van der Waals surface area (Å²) in [6, 6.07) is 2.57. The van der Waals surface area contributed by atoms with Crippen LogP contribution in [0.4, 0.5) is 5.69 Å². The molecule has 0 spiro atoms. The summed E-state index contributed by atoms with van der Waals surface area (Å²) >= 11 is 0. The van der Waals surface area contributed by atoms with Crippen molar-refractivity contribution >= 4 is 5.69 Å². The van der Waals surface area contributed by atoms with Crippen LogP contribution < -0.4 is 5.32 Å². The number of hydrogen-bond donors (Lipinski definition) is 3. The summed E-state index contributed by atoms with van der Waals surface area (Å²) in [6.45, 7) is 0. The molecule has 1 aromatic rings. The number of aliphatic hydroxyl groups is 1. The largest absolute Gasteiger partial charge is 0.393 e. The van der Waals surface area contributed by atoms with Crippen LogP contribution in [0.3, 0.4) is 0 Å². The highest BCUT2D eigenvalue weighted by atomic mass is 16.3. The molecule has 3 nitrogen and oxygen atoms in total. The van der Waals surface area contributed by atoms with Crippen LogP contribution in [0.15, 0.2) is 18.5 Å². The maximum atomic E-state index is 9.32. The summed E-state index contributed by atoms with van der Waals surface area (Å²) in [4.78, 5) is 3.02. The zero-order valence-electron chi connectivity index (χ0n) is 7.66. The van der Waals surface area contributed by atoms with Crippen LogP contribution in [-0.2, 0) is 0 Å². The molecule has 1 aliphatic carbocycles. The van der Waals surface area contributed by atoms with Gasteiger partial charge in [0.1, 0.15) is 0 Å². The first-order valence-corrected chi connectivity index (χ1v) is 4.92. The molecule has 0 saturated heterocycles. The summed E-state index contributed by atoms with van der Waals surface area (Å²) in [7, 11) is 0. The molecule has 1 saturated carbocycles. The summed E-state index contributed by atoms with van der Waals surface area (Å²) < 4.78 is 0. The molecule has 0 aliphatic heterocycles. The van der Waals surface area contributed by atoms with Gasteiger partial charge in [-0.25, -0.2) is 0 Å². The lowest BCUT2D eigenvalue weighted by molar-refractivity contribution is 0.126. The molecule has 3 N–H and O–H groups in total. The SMILES string of the molecule is OC1CCC(Nc2cc[nH]c2)CC1. The number of nitrogens with one attached hydrogen (secondary N) is 2. The summed E-state index contributed by atoms with van der Waals surface area (Å²) in [5.41, 5.74) is 1.15. The standard InChI is InChI=1S/C10H16N2O/c13-10-3-1-8(2-4-10)12-9-5-6-11-7-9/h5-8,10-13H,1-4H2. The lowest BCUT2D eigenvalue weighted by Crippen LogP contribution is -2.27. The van der Waals surface area contributed by atoms with Gasteiger partial charge in [-0.3, -0.25) is 0 Å². The second-order valence-electron chi connectivity index (χ2n) is 3.75. The van der Waals surface area contributed by atoms with E-state index in [1.165, 1.54) is 0 Å². The predicted octanol–water partition coefficient (Wildman–Crippen LogP) is 1.73. The van der Waals surface area contributed by atoms with Crippen molar-refractivity contribution in [2.75, 3.05) is 5.32 Å². The molecule has 1 aliphatic rings. The van der Waals surface area contributed by atoms with E-state index in [4.69, 9.17) is 0 Å². The van der Waals surface area contributed by atoms with Gasteiger partial charge in [0, 0.05) is 18.4 Å². The van der Waals surface area contributed by atoms with Gasteiger partial charge >= 0.3 is 0 Å². The second-order valence-corrected chi connectivity index (χ2v) is 3.75. The van der Waals surface area contributed by atoms with E-state index in [-0.39, 0.29) is 6.10 Å². The third-order valence-corrected chi connectivity index (χ3v) is 2.67. The monoisotopic (exact) mass is 180 g/mol. The van der Waals surface area contributed by atoms with E-state index in [0.717, 1.165) is 31.4 Å². The number of aromatic amines is 1. The third kappa shape index (κ3) is 2.25. The van der Waals surface area contributed by atoms with Gasteiger partial charge in [0.2, 0.25) is 0 Å². The van der Waals surface area contributed by atoms with Crippen LogP contribution in [0.5, 0.6) is 0 Å². The number of aliphatic hydroxyl groups excluding tert-OH is 1. The van der Waals surface area contributed by atoms with Crippen LogP contribution in [0.1, 0.15) is 25.7 Å². The van der Waals surface area contributed by atoms with Gasteiger partial charge < -0.3 is 15.4 Å². The first-order valence-electron chi connectivity index (χ1n) is 4.92. The van der Waals surface area contributed by atoms with E-state index < -0.39 is 0 Å². The highest BCUT2D eigenvalue weighted by Crippen LogP contribution is 2.21. The van der Waals surface area contributed by atoms with Crippen molar-refractivity contribution in [3.63, 3.8) is 0 Å². The lowest BCUT2D eigenvalue weighted by Gasteiger charge is -2.26. The number of rotatable bonds is 2. The Labute approximate surface area is 78.2 Å². The van der Waals surface area contributed by atoms with Crippen molar-refractivity contribution in [1.82, 2.24) is 4.98 Å². The highest BCUT2D eigenvalue weighted by molar-refractivity contribution is 5.41. The van der Waals surface area contributed by atoms with E-state index in [2.05, 4.69) is 10.3 Å². The smallest absolute Gasteiger partial charge is 0.0541 e. The van der Waals surface area contributed by atoms with E-state index in [1.54, 1.807) is 0 Å². The molecule has 2 rings (SSSR count). The van der Waals surface area contributed by atoms with Gasteiger partial charge in [0.25, 0.3) is 0 Å². The minimum absolute atomic E-state index is 0.0655. The number of aromatic nitrogens is 1. The predicted molar refractivity (Wildman–Crippen MR) is 52.7 cm³/mol. The molecule has 13 heavy (non-hydrogen) atoms. The molecular weight excluding hydrogens is 164 g/mol. The number of H-pyrrole nitrogens is 1. The third-order valence-electron chi connectivity index (χ3n) is 2.67. The maximum absolute atomic E-state index is 9.32. The highest BCUT2D eigenvalue weighted by Gasteiger charge is 2.18. The quantitative estimate of drug-likeness (QED) is 0.649. The fourth-order valence-corrected chi connectivity index (χ4v) is 1.87. The minimum Gasteiger partial charge on any atom is -0.393 e. The van der Waals surface area contributed by atoms with E-state index in [0.29, 0.717) is 6.04 Å². The van der Waals surface area contributed by atoms with E-state index in [9.17, 15) is 5.11 Å². The fraction of sp³-hybridized carbons (Fsp3) is 0.600. The Morgan fingerprint density at radius 3 is 2.69 bits per heavy atom. The summed E-state index contributed by atoms with van der Waals surface area (Å²) in [5.74, 6) is 0. The minimum atomic E-state index is -0.0655. The Bertz CT molecular complexity index is 237. The number of anilines is 1. The first-order chi connectivity index (χ1) is 6.34. The summed E-state index contributed by atoms with van der Waals surface area (Å²) in [6.07, 6.45) is 7.83. The molecule has 1 heterocycles. The molecular formula is C10H16N2O. The molecule has 1 fully saturated rings. The molecule has 0 bridgehead atoms. The van der Waals surface area contributed by atoms with Crippen molar-refractivity contribution in [1.29, 1.82) is 0 Å². The van der Waals surface area contributed by atoms with Crippen LogP contribution in [-0.4, -0.2) is 22.2 Å². The van der Waals surface area contributed by atoms with E-state index in [1.807, 2.05) is 18.5 Å².